The fraction of sp³-hybridized carbons (Fsp3) is 0.318. The predicted molar refractivity (Wildman–Crippen MR) is 108 cm³/mol. The molecule has 4 rings (SSSR count). The Hall–Kier alpha value is -3.15. The molecule has 0 bridgehead atoms. The average Bonchev–Trinajstić information content (AvgIpc) is 3.02. The first-order chi connectivity index (χ1) is 13.4. The molecular weight excluding hydrogens is 352 g/mol. The third kappa shape index (κ3) is 3.26. The van der Waals surface area contributed by atoms with Crippen LogP contribution < -0.4 is 5.32 Å². The van der Waals surface area contributed by atoms with Crippen LogP contribution in [0.5, 0.6) is 0 Å². The molecule has 0 unspecified atom stereocenters. The van der Waals surface area contributed by atoms with E-state index in [2.05, 4.69) is 10.3 Å². The molecular formula is C22H24N4O2. The summed E-state index contributed by atoms with van der Waals surface area (Å²) in [4.78, 5) is 31.6. The number of fused-ring (bicyclic) bond motifs is 2. The molecule has 144 valence electrons. The minimum absolute atomic E-state index is 0.0115. The van der Waals surface area contributed by atoms with Gasteiger partial charge in [-0.05, 0) is 48.7 Å². The van der Waals surface area contributed by atoms with Crippen molar-refractivity contribution < 1.29 is 9.59 Å². The molecule has 3 heterocycles. The van der Waals surface area contributed by atoms with Crippen LogP contribution in [0.1, 0.15) is 41.2 Å². The summed E-state index contributed by atoms with van der Waals surface area (Å²) in [6.07, 6.45) is 2.68. The van der Waals surface area contributed by atoms with Crippen molar-refractivity contribution in [3.8, 4) is 0 Å². The summed E-state index contributed by atoms with van der Waals surface area (Å²) in [5.41, 5.74) is 5.02. The molecule has 0 fully saturated rings. The normalized spacial score (nSPS) is 13.6. The van der Waals surface area contributed by atoms with Crippen molar-refractivity contribution >= 4 is 23.1 Å². The van der Waals surface area contributed by atoms with Gasteiger partial charge < -0.3 is 10.2 Å². The summed E-state index contributed by atoms with van der Waals surface area (Å²) in [6, 6.07) is 11.6. The molecule has 28 heavy (non-hydrogen) atoms. The van der Waals surface area contributed by atoms with Gasteiger partial charge in [-0.3, -0.25) is 14.0 Å². The molecule has 1 aliphatic heterocycles. The number of carbonyl (C=O) groups is 2. The molecule has 3 aromatic rings. The highest BCUT2D eigenvalue weighted by molar-refractivity contribution is 6.04. The maximum Gasteiger partial charge on any atom is 0.274 e. The molecule has 0 aliphatic carbocycles. The van der Waals surface area contributed by atoms with Crippen LogP contribution in [-0.2, 0) is 17.8 Å². The topological polar surface area (TPSA) is 66.7 Å². The molecule has 0 radical (unpaired) electrons. The number of hydrogen-bond acceptors (Lipinski definition) is 3. The van der Waals surface area contributed by atoms with Crippen molar-refractivity contribution in [3.05, 3.63) is 65.1 Å². The number of rotatable bonds is 3. The van der Waals surface area contributed by atoms with E-state index in [9.17, 15) is 9.59 Å². The van der Waals surface area contributed by atoms with Gasteiger partial charge in [0.15, 0.2) is 0 Å². The van der Waals surface area contributed by atoms with Crippen LogP contribution in [0.3, 0.4) is 0 Å². The van der Waals surface area contributed by atoms with E-state index in [1.165, 1.54) is 5.56 Å². The van der Waals surface area contributed by atoms with Crippen LogP contribution in [0, 0.1) is 12.8 Å². The van der Waals surface area contributed by atoms with Crippen LogP contribution in [-0.4, -0.2) is 32.6 Å². The Bertz CT molecular complexity index is 1070. The van der Waals surface area contributed by atoms with Gasteiger partial charge in [-0.1, -0.05) is 26.0 Å². The van der Waals surface area contributed by atoms with E-state index >= 15 is 0 Å². The highest BCUT2D eigenvalue weighted by Gasteiger charge is 2.23. The lowest BCUT2D eigenvalue weighted by Crippen LogP contribution is -2.38. The molecule has 0 spiro atoms. The lowest BCUT2D eigenvalue weighted by molar-refractivity contribution is -0.135. The van der Waals surface area contributed by atoms with E-state index < -0.39 is 0 Å². The number of nitrogens with one attached hydrogen (secondary N) is 1. The third-order valence-corrected chi connectivity index (χ3v) is 5.20. The molecule has 0 saturated carbocycles. The molecule has 0 saturated heterocycles. The van der Waals surface area contributed by atoms with E-state index in [-0.39, 0.29) is 17.7 Å². The van der Waals surface area contributed by atoms with Gasteiger partial charge in [0.1, 0.15) is 11.3 Å². The summed E-state index contributed by atoms with van der Waals surface area (Å²) in [6.45, 7) is 7.02. The monoisotopic (exact) mass is 376 g/mol. The number of amides is 2. The number of pyridine rings is 1. The minimum atomic E-state index is -0.193. The minimum Gasteiger partial charge on any atom is -0.338 e. The summed E-state index contributed by atoms with van der Waals surface area (Å²) in [7, 11) is 0. The van der Waals surface area contributed by atoms with Gasteiger partial charge in [-0.2, -0.15) is 0 Å². The van der Waals surface area contributed by atoms with Gasteiger partial charge in [0.05, 0.1) is 5.69 Å². The van der Waals surface area contributed by atoms with E-state index in [1.807, 2.05) is 68.3 Å². The number of aromatic nitrogens is 2. The second-order valence-electron chi connectivity index (χ2n) is 7.58. The SMILES string of the molecule is Cc1nc2ccccn2c1C(=O)Nc1ccc2c(c1)CN(C(=O)C(C)C)CC2. The maximum atomic E-state index is 12.9. The van der Waals surface area contributed by atoms with E-state index in [0.29, 0.717) is 17.9 Å². The van der Waals surface area contributed by atoms with Gasteiger partial charge in [-0.25, -0.2) is 4.98 Å². The van der Waals surface area contributed by atoms with E-state index in [4.69, 9.17) is 0 Å². The van der Waals surface area contributed by atoms with Gasteiger partial charge in [0.25, 0.3) is 5.91 Å². The van der Waals surface area contributed by atoms with Gasteiger partial charge in [-0.15, -0.1) is 0 Å². The Morgan fingerprint density at radius 1 is 1.14 bits per heavy atom. The second-order valence-corrected chi connectivity index (χ2v) is 7.58. The van der Waals surface area contributed by atoms with Crippen molar-refractivity contribution in [2.45, 2.75) is 33.7 Å². The van der Waals surface area contributed by atoms with Crippen LogP contribution in [0.4, 0.5) is 5.69 Å². The van der Waals surface area contributed by atoms with Gasteiger partial charge in [0, 0.05) is 30.9 Å². The van der Waals surface area contributed by atoms with Crippen molar-refractivity contribution in [1.29, 1.82) is 0 Å². The smallest absolute Gasteiger partial charge is 0.274 e. The van der Waals surface area contributed by atoms with Gasteiger partial charge >= 0.3 is 0 Å². The summed E-state index contributed by atoms with van der Waals surface area (Å²) < 4.78 is 1.80. The molecule has 2 aromatic heterocycles. The number of imidazole rings is 1. The standard InChI is InChI=1S/C22H24N4O2/c1-14(2)22(28)25-11-9-16-7-8-18(12-17(16)13-25)24-21(27)20-15(3)23-19-6-4-5-10-26(19)20/h4-8,10,12,14H,9,11,13H2,1-3H3,(H,24,27). The van der Waals surface area contributed by atoms with Crippen LogP contribution >= 0.6 is 0 Å². The number of anilines is 1. The van der Waals surface area contributed by atoms with Crippen molar-refractivity contribution in [2.75, 3.05) is 11.9 Å². The van der Waals surface area contributed by atoms with Crippen LogP contribution in [0.25, 0.3) is 5.65 Å². The largest absolute Gasteiger partial charge is 0.338 e. The highest BCUT2D eigenvalue weighted by atomic mass is 16.2. The third-order valence-electron chi connectivity index (χ3n) is 5.20. The number of carbonyl (C=O) groups excluding carboxylic acids is 2. The maximum absolute atomic E-state index is 12.9. The fourth-order valence-electron chi connectivity index (χ4n) is 3.77. The number of aryl methyl sites for hydroxylation is 1. The predicted octanol–water partition coefficient (Wildman–Crippen LogP) is 3.44. The fourth-order valence-corrected chi connectivity index (χ4v) is 3.77. The van der Waals surface area contributed by atoms with Crippen molar-refractivity contribution in [1.82, 2.24) is 14.3 Å². The highest BCUT2D eigenvalue weighted by Crippen LogP contribution is 2.24. The first kappa shape index (κ1) is 18.2. The summed E-state index contributed by atoms with van der Waals surface area (Å²) >= 11 is 0. The van der Waals surface area contributed by atoms with Crippen LogP contribution in [0.2, 0.25) is 0 Å². The Morgan fingerprint density at radius 3 is 2.75 bits per heavy atom. The first-order valence-corrected chi connectivity index (χ1v) is 9.59. The quantitative estimate of drug-likeness (QED) is 0.761. The number of hydrogen-bond donors (Lipinski definition) is 1. The Kier molecular flexibility index (Phi) is 4.63. The molecule has 6 heteroatoms. The molecule has 2 amide bonds. The zero-order chi connectivity index (χ0) is 19.8. The first-order valence-electron chi connectivity index (χ1n) is 9.59. The Balaban J connectivity index is 1.58. The van der Waals surface area contributed by atoms with Crippen LogP contribution in [0.15, 0.2) is 42.6 Å². The summed E-state index contributed by atoms with van der Waals surface area (Å²) in [5, 5.41) is 2.99. The number of benzene rings is 1. The van der Waals surface area contributed by atoms with Gasteiger partial charge in [0.2, 0.25) is 5.91 Å². The zero-order valence-electron chi connectivity index (χ0n) is 16.4. The average molecular weight is 376 g/mol. The van der Waals surface area contributed by atoms with E-state index in [1.54, 1.807) is 4.40 Å². The second kappa shape index (κ2) is 7.11. The van der Waals surface area contributed by atoms with E-state index in [0.717, 1.165) is 29.9 Å². The number of nitrogens with zero attached hydrogens (tertiary/aromatic N) is 3. The molecule has 1 aliphatic rings. The van der Waals surface area contributed by atoms with Crippen molar-refractivity contribution in [2.24, 2.45) is 5.92 Å². The van der Waals surface area contributed by atoms with Crippen molar-refractivity contribution in [3.63, 3.8) is 0 Å². The Morgan fingerprint density at radius 2 is 1.96 bits per heavy atom. The molecule has 6 nitrogen and oxygen atoms in total. The summed E-state index contributed by atoms with van der Waals surface area (Å²) in [5.74, 6) is -0.0360. The Labute approximate surface area is 164 Å². The zero-order valence-corrected chi connectivity index (χ0v) is 16.4. The lowest BCUT2D eigenvalue weighted by Gasteiger charge is -2.30. The molecule has 1 aromatic carbocycles. The molecule has 0 atom stereocenters. The lowest BCUT2D eigenvalue weighted by atomic mass is 9.98. The molecule has 1 N–H and O–H groups in total.